The number of phenolic OH excluding ortho intramolecular Hbond substituents is 1. The van der Waals surface area contributed by atoms with Crippen molar-refractivity contribution in [2.75, 3.05) is 0 Å². The van der Waals surface area contributed by atoms with Crippen LogP contribution in [0.25, 0.3) is 55.1 Å². The Bertz CT molecular complexity index is 1630. The molecule has 5 aromatic carbocycles. The number of thioether (sulfide) groups is 1. The Hall–Kier alpha value is -3.70. The highest BCUT2D eigenvalue weighted by atomic mass is 32.2. The van der Waals surface area contributed by atoms with Crippen molar-refractivity contribution in [2.24, 2.45) is 0 Å². The summed E-state index contributed by atoms with van der Waals surface area (Å²) >= 11 is 1.59. The van der Waals surface area contributed by atoms with Crippen LogP contribution in [0.3, 0.4) is 0 Å². The van der Waals surface area contributed by atoms with Crippen molar-refractivity contribution in [1.29, 1.82) is 0 Å². The molecule has 6 rings (SSSR count). The quantitative estimate of drug-likeness (QED) is 0.227. The first kappa shape index (κ1) is 19.9. The van der Waals surface area contributed by atoms with E-state index in [0.29, 0.717) is 27.6 Å². The maximum absolute atomic E-state index is 10.4. The molecule has 33 heavy (non-hydrogen) atoms. The van der Waals surface area contributed by atoms with Crippen LogP contribution in [-0.4, -0.2) is 25.3 Å². The van der Waals surface area contributed by atoms with Gasteiger partial charge in [0.25, 0.3) is 0 Å². The average Bonchev–Trinajstić information content (AvgIpc) is 2.82. The van der Waals surface area contributed by atoms with Crippen molar-refractivity contribution < 1.29 is 5.11 Å². The van der Waals surface area contributed by atoms with Gasteiger partial charge < -0.3 is 5.11 Å². The number of rotatable bonds is 4. The van der Waals surface area contributed by atoms with Gasteiger partial charge in [0, 0.05) is 10.8 Å². The fourth-order valence-corrected chi connectivity index (χ4v) is 5.15. The van der Waals surface area contributed by atoms with Gasteiger partial charge in [-0.1, -0.05) is 86.3 Å². The number of aromatic hydroxyl groups is 1. The molecule has 4 nitrogen and oxygen atoms in total. The van der Waals surface area contributed by atoms with E-state index in [1.807, 2.05) is 12.1 Å². The molecule has 0 aliphatic rings. The number of para-hydroxylation sites is 1. The predicted octanol–water partition coefficient (Wildman–Crippen LogP) is 7.31. The number of phenols is 1. The summed E-state index contributed by atoms with van der Waals surface area (Å²) in [5.74, 6) is 1.25. The topological polar surface area (TPSA) is 58.9 Å². The number of aromatic nitrogens is 3. The van der Waals surface area contributed by atoms with E-state index in [2.05, 4.69) is 73.4 Å². The minimum Gasteiger partial charge on any atom is -0.507 e. The van der Waals surface area contributed by atoms with Gasteiger partial charge in [0.1, 0.15) is 5.75 Å². The summed E-state index contributed by atoms with van der Waals surface area (Å²) < 4.78 is 0. The normalized spacial score (nSPS) is 11.8. The first-order valence-corrected chi connectivity index (χ1v) is 11.8. The second-order valence-electron chi connectivity index (χ2n) is 8.42. The van der Waals surface area contributed by atoms with E-state index in [1.165, 1.54) is 26.9 Å². The fourth-order valence-electron chi connectivity index (χ4n) is 4.45. The van der Waals surface area contributed by atoms with Crippen LogP contribution in [0.1, 0.15) is 13.8 Å². The molecule has 1 heterocycles. The van der Waals surface area contributed by atoms with Gasteiger partial charge in [0.05, 0.1) is 5.56 Å². The molecule has 0 radical (unpaired) electrons. The Morgan fingerprint density at radius 1 is 0.636 bits per heavy atom. The first-order valence-electron chi connectivity index (χ1n) is 11.0. The summed E-state index contributed by atoms with van der Waals surface area (Å²) in [7, 11) is 0. The van der Waals surface area contributed by atoms with Gasteiger partial charge in [-0.25, -0.2) is 15.0 Å². The van der Waals surface area contributed by atoms with Crippen LogP contribution in [0.15, 0.2) is 84.0 Å². The molecule has 0 aliphatic carbocycles. The molecule has 160 valence electrons. The van der Waals surface area contributed by atoms with Crippen molar-refractivity contribution in [3.05, 3.63) is 78.9 Å². The van der Waals surface area contributed by atoms with E-state index in [1.54, 1.807) is 23.9 Å². The first-order chi connectivity index (χ1) is 16.1. The van der Waals surface area contributed by atoms with E-state index >= 15 is 0 Å². The number of benzene rings is 5. The van der Waals surface area contributed by atoms with E-state index in [9.17, 15) is 5.11 Å². The second-order valence-corrected chi connectivity index (χ2v) is 9.96. The molecule has 0 amide bonds. The summed E-state index contributed by atoms with van der Waals surface area (Å²) in [6.45, 7) is 4.23. The zero-order valence-corrected chi connectivity index (χ0v) is 19.1. The number of hydrogen-bond acceptors (Lipinski definition) is 5. The predicted molar refractivity (Wildman–Crippen MR) is 137 cm³/mol. The van der Waals surface area contributed by atoms with Gasteiger partial charge in [0.2, 0.25) is 0 Å². The SMILES string of the molecule is CC(C)Sc1nc(-c2ccccc2O)nc(-c2ccc3ccc4cccc5ccc2c3c45)n1. The van der Waals surface area contributed by atoms with E-state index in [4.69, 9.17) is 9.97 Å². The Labute approximate surface area is 195 Å². The Balaban J connectivity index is 1.65. The zero-order valence-electron chi connectivity index (χ0n) is 18.3. The summed E-state index contributed by atoms with van der Waals surface area (Å²) in [5, 5.41) is 18.7. The molecule has 5 heteroatoms. The molecule has 0 saturated carbocycles. The number of hydrogen-bond donors (Lipinski definition) is 1. The summed E-state index contributed by atoms with van der Waals surface area (Å²) in [5.41, 5.74) is 1.56. The maximum atomic E-state index is 10.4. The molecule has 0 aliphatic heterocycles. The van der Waals surface area contributed by atoms with E-state index in [-0.39, 0.29) is 5.75 Å². The van der Waals surface area contributed by atoms with Crippen LogP contribution in [0.5, 0.6) is 5.75 Å². The highest BCUT2D eigenvalue weighted by molar-refractivity contribution is 7.99. The molecule has 0 bridgehead atoms. The smallest absolute Gasteiger partial charge is 0.191 e. The Morgan fingerprint density at radius 3 is 2.00 bits per heavy atom. The van der Waals surface area contributed by atoms with Crippen LogP contribution in [0, 0.1) is 0 Å². The zero-order chi connectivity index (χ0) is 22.5. The molecule has 0 fully saturated rings. The summed E-state index contributed by atoms with van der Waals surface area (Å²) in [4.78, 5) is 14.3. The molecule has 0 atom stereocenters. The highest BCUT2D eigenvalue weighted by Gasteiger charge is 2.17. The van der Waals surface area contributed by atoms with Crippen molar-refractivity contribution in [1.82, 2.24) is 15.0 Å². The third-order valence-corrected chi connectivity index (χ3v) is 6.74. The minimum atomic E-state index is 0.158. The van der Waals surface area contributed by atoms with Gasteiger partial charge in [-0.15, -0.1) is 0 Å². The van der Waals surface area contributed by atoms with Crippen LogP contribution in [0.4, 0.5) is 0 Å². The average molecular weight is 448 g/mol. The second kappa shape index (κ2) is 7.71. The van der Waals surface area contributed by atoms with Gasteiger partial charge in [-0.05, 0) is 50.5 Å². The van der Waals surface area contributed by atoms with Crippen LogP contribution >= 0.6 is 11.8 Å². The van der Waals surface area contributed by atoms with Crippen LogP contribution < -0.4 is 0 Å². The molecule has 0 unspecified atom stereocenters. The summed E-state index contributed by atoms with van der Waals surface area (Å²) in [6, 6.07) is 26.5. The lowest BCUT2D eigenvalue weighted by molar-refractivity contribution is 0.477. The van der Waals surface area contributed by atoms with E-state index < -0.39 is 0 Å². The monoisotopic (exact) mass is 447 g/mol. The molecule has 0 saturated heterocycles. The molecule has 1 aromatic heterocycles. The van der Waals surface area contributed by atoms with Crippen molar-refractivity contribution in [2.45, 2.75) is 24.3 Å². The van der Waals surface area contributed by atoms with Crippen LogP contribution in [0.2, 0.25) is 0 Å². The lowest BCUT2D eigenvalue weighted by Crippen LogP contribution is -2.01. The highest BCUT2D eigenvalue weighted by Crippen LogP contribution is 2.39. The molecular formula is C28H21N3OS. The molecular weight excluding hydrogens is 426 g/mol. The van der Waals surface area contributed by atoms with Gasteiger partial charge >= 0.3 is 0 Å². The maximum Gasteiger partial charge on any atom is 0.191 e. The third kappa shape index (κ3) is 3.36. The lowest BCUT2D eigenvalue weighted by atomic mass is 9.92. The summed E-state index contributed by atoms with van der Waals surface area (Å²) in [6.07, 6.45) is 0. The van der Waals surface area contributed by atoms with Gasteiger partial charge in [0.15, 0.2) is 16.8 Å². The number of nitrogens with zero attached hydrogens (tertiary/aromatic N) is 3. The Morgan fingerprint density at radius 2 is 1.27 bits per heavy atom. The van der Waals surface area contributed by atoms with Crippen LogP contribution in [-0.2, 0) is 0 Å². The standard InChI is InChI=1S/C28H21N3OS/c1-16(2)33-28-30-26(29-27(31-28)22-8-3-4-9-23(22)32)21-15-13-19-11-10-17-6-5-7-18-12-14-20(21)25(19)24(17)18/h3-16,32H,1-2H3. The lowest BCUT2D eigenvalue weighted by Gasteiger charge is -2.14. The molecule has 0 spiro atoms. The molecule has 1 N–H and O–H groups in total. The van der Waals surface area contributed by atoms with Gasteiger partial charge in [-0.2, -0.15) is 0 Å². The third-order valence-electron chi connectivity index (χ3n) is 5.87. The Kier molecular flexibility index (Phi) is 4.66. The van der Waals surface area contributed by atoms with Crippen molar-refractivity contribution in [3.63, 3.8) is 0 Å². The largest absolute Gasteiger partial charge is 0.507 e. The van der Waals surface area contributed by atoms with Crippen molar-refractivity contribution in [3.8, 4) is 28.5 Å². The fraction of sp³-hybridized carbons (Fsp3) is 0.107. The minimum absolute atomic E-state index is 0.158. The van der Waals surface area contributed by atoms with Gasteiger partial charge in [-0.3, -0.25) is 0 Å². The molecule has 6 aromatic rings. The van der Waals surface area contributed by atoms with E-state index in [0.717, 1.165) is 10.9 Å². The van der Waals surface area contributed by atoms with Crippen molar-refractivity contribution >= 4 is 44.1 Å².